The third-order valence-electron chi connectivity index (χ3n) is 8.52. The molecule has 0 bridgehead atoms. The smallest absolute Gasteiger partial charge is 0.280 e. The molecule has 3 aliphatic rings. The van der Waals surface area contributed by atoms with Crippen molar-refractivity contribution in [2.24, 2.45) is 0 Å². The lowest BCUT2D eigenvalue weighted by atomic mass is 9.74. The molecule has 210 valence electrons. The number of nitro benzene ring substituents is 2. The summed E-state index contributed by atoms with van der Waals surface area (Å²) < 4.78 is 1.81. The van der Waals surface area contributed by atoms with E-state index in [-0.39, 0.29) is 33.9 Å². The van der Waals surface area contributed by atoms with Gasteiger partial charge in [0.1, 0.15) is 36.1 Å². The first-order valence-electron chi connectivity index (χ1n) is 13.0. The molecule has 0 saturated heterocycles. The van der Waals surface area contributed by atoms with Crippen molar-refractivity contribution < 1.29 is 19.5 Å². The summed E-state index contributed by atoms with van der Waals surface area (Å²) in [6.45, 7) is 7.52. The number of non-ortho nitro benzene ring substituents is 1. The van der Waals surface area contributed by atoms with E-state index in [1.54, 1.807) is 37.4 Å². The molecule has 0 saturated carbocycles. The molecular formula is C31H27N6O5+. The van der Waals surface area contributed by atoms with Crippen molar-refractivity contribution in [1.29, 1.82) is 10.5 Å². The van der Waals surface area contributed by atoms with Crippen LogP contribution < -0.4 is 4.90 Å². The first-order chi connectivity index (χ1) is 19.7. The van der Waals surface area contributed by atoms with E-state index in [9.17, 15) is 35.9 Å². The van der Waals surface area contributed by atoms with Gasteiger partial charge in [-0.1, -0.05) is 13.8 Å². The Labute approximate surface area is 241 Å². The van der Waals surface area contributed by atoms with Crippen molar-refractivity contribution in [3.63, 3.8) is 0 Å². The van der Waals surface area contributed by atoms with Crippen LogP contribution in [-0.4, -0.2) is 39.3 Å². The molecule has 2 aromatic rings. The highest BCUT2D eigenvalue weighted by molar-refractivity contribution is 6.06. The Morgan fingerprint density at radius 1 is 1.02 bits per heavy atom. The van der Waals surface area contributed by atoms with Crippen molar-refractivity contribution in [2.45, 2.75) is 38.5 Å². The van der Waals surface area contributed by atoms with Crippen molar-refractivity contribution >= 4 is 28.5 Å². The average Bonchev–Trinajstić information content (AvgIpc) is 3.26. The molecule has 2 aliphatic heterocycles. The maximum atomic E-state index is 11.8. The number of anilines is 1. The van der Waals surface area contributed by atoms with Crippen LogP contribution in [0.5, 0.6) is 0 Å². The van der Waals surface area contributed by atoms with Crippen molar-refractivity contribution in [1.82, 2.24) is 0 Å². The third-order valence-corrected chi connectivity index (χ3v) is 8.52. The second-order valence-corrected chi connectivity index (χ2v) is 11.5. The third kappa shape index (κ3) is 3.75. The largest absolute Gasteiger partial charge is 0.507 e. The number of aliphatic hydroxyl groups is 1. The highest BCUT2D eigenvalue weighted by atomic mass is 16.6. The van der Waals surface area contributed by atoms with Crippen LogP contribution >= 0.6 is 0 Å². The molecule has 0 aromatic heterocycles. The number of likely N-dealkylation sites (N-methyl/N-ethyl adjacent to an activating group) is 1. The number of benzene rings is 2. The Balaban J connectivity index is 1.68. The topological polar surface area (TPSA) is 160 Å². The summed E-state index contributed by atoms with van der Waals surface area (Å²) in [5.41, 5.74) is 3.08. The van der Waals surface area contributed by atoms with Gasteiger partial charge in [0.05, 0.1) is 15.3 Å². The molecular weight excluding hydrogens is 536 g/mol. The van der Waals surface area contributed by atoms with E-state index in [4.69, 9.17) is 0 Å². The minimum Gasteiger partial charge on any atom is -0.507 e. The maximum absolute atomic E-state index is 11.8. The number of nitro groups is 2. The van der Waals surface area contributed by atoms with Gasteiger partial charge >= 0.3 is 0 Å². The van der Waals surface area contributed by atoms with E-state index in [0.29, 0.717) is 28.2 Å². The van der Waals surface area contributed by atoms with Gasteiger partial charge in [-0.05, 0) is 37.6 Å². The maximum Gasteiger partial charge on any atom is 0.280 e. The van der Waals surface area contributed by atoms with Crippen LogP contribution in [0, 0.1) is 42.9 Å². The van der Waals surface area contributed by atoms with Crippen LogP contribution in [0.4, 0.5) is 22.7 Å². The van der Waals surface area contributed by atoms with Gasteiger partial charge in [0.25, 0.3) is 11.4 Å². The molecule has 2 aromatic carbocycles. The molecule has 0 radical (unpaired) electrons. The molecule has 5 rings (SSSR count). The van der Waals surface area contributed by atoms with Gasteiger partial charge in [0, 0.05) is 70.9 Å². The van der Waals surface area contributed by atoms with Gasteiger partial charge in [-0.25, -0.2) is 0 Å². The molecule has 0 amide bonds. The fourth-order valence-corrected chi connectivity index (χ4v) is 6.37. The van der Waals surface area contributed by atoms with Crippen LogP contribution in [0.2, 0.25) is 0 Å². The minimum atomic E-state index is -0.830. The molecule has 11 nitrogen and oxygen atoms in total. The van der Waals surface area contributed by atoms with Crippen LogP contribution in [0.1, 0.15) is 38.8 Å². The van der Waals surface area contributed by atoms with Gasteiger partial charge in [0.15, 0.2) is 5.71 Å². The van der Waals surface area contributed by atoms with Crippen LogP contribution in [0.25, 0.3) is 0 Å². The number of nitrogens with zero attached hydrogens (tertiary/aromatic N) is 6. The Morgan fingerprint density at radius 3 is 2.29 bits per heavy atom. The van der Waals surface area contributed by atoms with Gasteiger partial charge in [-0.3, -0.25) is 20.2 Å². The number of allylic oxidation sites excluding steroid dienone is 6. The predicted molar refractivity (Wildman–Crippen MR) is 156 cm³/mol. The SMILES string of the molecule is CN1/C(=C/C2=C(O)C(=C\C3=[N+](C)c4cccc([N+](=O)[O-])c4C3(C)C)/C2=C(C#N)C#N)C(C)(C)c2cc([N+](=O)[O-])ccc21. The number of aliphatic hydroxyl groups excluding tert-OH is 1. The van der Waals surface area contributed by atoms with E-state index >= 15 is 0 Å². The second kappa shape index (κ2) is 9.25. The Hall–Kier alpha value is -5.55. The van der Waals surface area contributed by atoms with Gasteiger partial charge in [-0.2, -0.15) is 15.1 Å². The summed E-state index contributed by atoms with van der Waals surface area (Å²) in [5.74, 6) is -0.131. The molecule has 0 spiro atoms. The second-order valence-electron chi connectivity index (χ2n) is 11.5. The lowest BCUT2D eigenvalue weighted by Crippen LogP contribution is -2.29. The predicted octanol–water partition coefficient (Wildman–Crippen LogP) is 5.92. The zero-order valence-electron chi connectivity index (χ0n) is 23.9. The monoisotopic (exact) mass is 563 g/mol. The van der Waals surface area contributed by atoms with E-state index in [0.717, 1.165) is 11.3 Å². The van der Waals surface area contributed by atoms with Crippen LogP contribution in [0.15, 0.2) is 82.3 Å². The highest BCUT2D eigenvalue weighted by Gasteiger charge is 2.49. The number of fused-ring (bicyclic) bond motifs is 2. The summed E-state index contributed by atoms with van der Waals surface area (Å²) in [6, 6.07) is 13.4. The van der Waals surface area contributed by atoms with Crippen molar-refractivity contribution in [3.05, 3.63) is 114 Å². The van der Waals surface area contributed by atoms with E-state index in [1.165, 1.54) is 18.2 Å². The van der Waals surface area contributed by atoms with Crippen molar-refractivity contribution in [2.75, 3.05) is 19.0 Å². The van der Waals surface area contributed by atoms with Crippen LogP contribution in [-0.2, 0) is 10.8 Å². The van der Waals surface area contributed by atoms with Crippen molar-refractivity contribution in [3.8, 4) is 12.1 Å². The molecule has 2 heterocycles. The molecule has 1 aliphatic carbocycles. The highest BCUT2D eigenvalue weighted by Crippen LogP contribution is 2.51. The number of hydrogen-bond acceptors (Lipinski definition) is 8. The Morgan fingerprint density at radius 2 is 1.69 bits per heavy atom. The standard InChI is InChI=1S/C31H26N6O5/c1-30(2)21-12-18(36(39)40)10-11-22(21)34(5)25(30)13-19-27(17(15-32)16-33)20(29(19)38)14-26-31(3,4)28-23(35(26)6)8-7-9-24(28)37(41)42/h7-14H,1-6H3/p+1. The quantitative estimate of drug-likeness (QED) is 0.208. The summed E-state index contributed by atoms with van der Waals surface area (Å²) in [6.07, 6.45) is 3.38. The first-order valence-corrected chi connectivity index (χ1v) is 13.0. The molecule has 42 heavy (non-hydrogen) atoms. The fourth-order valence-electron chi connectivity index (χ4n) is 6.37. The molecule has 1 N–H and O–H groups in total. The van der Waals surface area contributed by atoms with Gasteiger partial charge in [0.2, 0.25) is 5.69 Å². The molecule has 11 heteroatoms. The Kier molecular flexibility index (Phi) is 6.16. The lowest BCUT2D eigenvalue weighted by Gasteiger charge is -2.30. The number of rotatable bonds is 4. The fraction of sp³-hybridized carbons (Fsp3) is 0.258. The van der Waals surface area contributed by atoms with Crippen LogP contribution in [0.3, 0.4) is 0 Å². The lowest BCUT2D eigenvalue weighted by molar-refractivity contribution is -0.404. The van der Waals surface area contributed by atoms with Gasteiger partial charge < -0.3 is 10.0 Å². The minimum absolute atomic E-state index is 0.0200. The molecule has 0 unspecified atom stereocenters. The zero-order chi connectivity index (χ0) is 30.9. The summed E-state index contributed by atoms with van der Waals surface area (Å²) >= 11 is 0. The summed E-state index contributed by atoms with van der Waals surface area (Å²) in [7, 11) is 3.59. The number of hydrogen-bond donors (Lipinski definition) is 1. The van der Waals surface area contributed by atoms with E-state index in [1.807, 2.05) is 56.4 Å². The van der Waals surface area contributed by atoms with Gasteiger partial charge in [-0.15, -0.1) is 0 Å². The molecule has 0 fully saturated rings. The van der Waals surface area contributed by atoms with E-state index in [2.05, 4.69) is 0 Å². The summed E-state index contributed by atoms with van der Waals surface area (Å²) in [4.78, 5) is 24.3. The molecule has 0 atom stereocenters. The summed E-state index contributed by atoms with van der Waals surface area (Å²) in [5, 5.41) is 54.3. The average molecular weight is 564 g/mol. The number of nitriles is 2. The van der Waals surface area contributed by atoms with E-state index < -0.39 is 20.7 Å². The first kappa shape index (κ1) is 28.0. The normalized spacial score (nSPS) is 19.8. The zero-order valence-corrected chi connectivity index (χ0v) is 23.9. The Bertz CT molecular complexity index is 1880.